The van der Waals surface area contributed by atoms with Gasteiger partial charge in [-0.2, -0.15) is 0 Å². The van der Waals surface area contributed by atoms with E-state index in [0.717, 1.165) is 12.8 Å². The molecule has 1 amide bonds. The van der Waals surface area contributed by atoms with E-state index in [-0.39, 0.29) is 18.2 Å². The van der Waals surface area contributed by atoms with E-state index in [1.807, 2.05) is 0 Å². The molecule has 156 valence electrons. The lowest BCUT2D eigenvalue weighted by atomic mass is 9.66. The minimum atomic E-state index is -1.25. The molecule has 0 bridgehead atoms. The first-order valence-electron chi connectivity index (χ1n) is 9.88. The molecule has 7 nitrogen and oxygen atoms in total. The molecule has 1 saturated heterocycles. The SMILES string of the molecule is C=C(COC(=O)[C@@H]1CCCN1C(=O)OC(C)(C)C)C1(C(C)=O)CCCCC1=O. The number of ketones is 2. The van der Waals surface area contributed by atoms with Crippen LogP contribution < -0.4 is 0 Å². The van der Waals surface area contributed by atoms with Crippen LogP contribution in [0.1, 0.15) is 66.2 Å². The van der Waals surface area contributed by atoms with Crippen molar-refractivity contribution in [1.82, 2.24) is 4.90 Å². The highest BCUT2D eigenvalue weighted by molar-refractivity contribution is 6.09. The third kappa shape index (κ3) is 4.62. The molecule has 2 fully saturated rings. The van der Waals surface area contributed by atoms with Gasteiger partial charge in [-0.05, 0) is 59.0 Å². The average molecular weight is 393 g/mol. The number of likely N-dealkylation sites (tertiary alicyclic amines) is 1. The van der Waals surface area contributed by atoms with Gasteiger partial charge in [0.1, 0.15) is 29.4 Å². The van der Waals surface area contributed by atoms with E-state index in [4.69, 9.17) is 9.47 Å². The highest BCUT2D eigenvalue weighted by Gasteiger charge is 2.47. The Morgan fingerprint density at radius 1 is 1.21 bits per heavy atom. The van der Waals surface area contributed by atoms with Crippen molar-refractivity contribution in [2.75, 3.05) is 13.2 Å². The molecule has 2 atom stereocenters. The smallest absolute Gasteiger partial charge is 0.411 e. The molecule has 0 spiro atoms. The van der Waals surface area contributed by atoms with E-state index in [0.29, 0.717) is 37.8 Å². The second-order valence-corrected chi connectivity index (χ2v) is 8.63. The number of esters is 1. The molecule has 1 aliphatic carbocycles. The van der Waals surface area contributed by atoms with Crippen molar-refractivity contribution in [2.45, 2.75) is 77.9 Å². The molecule has 0 radical (unpaired) electrons. The molecular formula is C21H31NO6. The number of hydrogen-bond acceptors (Lipinski definition) is 6. The second-order valence-electron chi connectivity index (χ2n) is 8.63. The fraction of sp³-hybridized carbons (Fsp3) is 0.714. The first kappa shape index (κ1) is 22.1. The largest absolute Gasteiger partial charge is 0.460 e. The number of amides is 1. The zero-order chi connectivity index (χ0) is 21.1. The number of carbonyl (C=O) groups excluding carboxylic acids is 4. The average Bonchev–Trinajstić information content (AvgIpc) is 3.08. The zero-order valence-corrected chi connectivity index (χ0v) is 17.3. The van der Waals surface area contributed by atoms with Crippen molar-refractivity contribution < 1.29 is 28.7 Å². The first-order valence-corrected chi connectivity index (χ1v) is 9.88. The van der Waals surface area contributed by atoms with Gasteiger partial charge >= 0.3 is 12.1 Å². The molecule has 2 aliphatic rings. The summed E-state index contributed by atoms with van der Waals surface area (Å²) in [6.45, 7) is 10.8. The van der Waals surface area contributed by atoms with E-state index in [2.05, 4.69) is 6.58 Å². The topological polar surface area (TPSA) is 90.0 Å². The van der Waals surface area contributed by atoms with Crippen molar-refractivity contribution >= 4 is 23.6 Å². The molecular weight excluding hydrogens is 362 g/mol. The number of hydrogen-bond donors (Lipinski definition) is 0. The standard InChI is InChI=1S/C21H31NO6/c1-14(21(15(2)23)11-7-6-10-17(21)24)13-27-18(25)16-9-8-12-22(16)19(26)28-20(3,4)5/h16H,1,6-13H2,2-5H3/t16-,21?/m0/s1. The maximum absolute atomic E-state index is 12.6. The second kappa shape index (κ2) is 8.45. The summed E-state index contributed by atoms with van der Waals surface area (Å²) in [6.07, 6.45) is 2.87. The molecule has 2 rings (SSSR count). The van der Waals surface area contributed by atoms with Crippen LogP contribution in [0.5, 0.6) is 0 Å². The van der Waals surface area contributed by atoms with Gasteiger partial charge in [0.05, 0.1) is 0 Å². The van der Waals surface area contributed by atoms with E-state index in [9.17, 15) is 19.2 Å². The summed E-state index contributed by atoms with van der Waals surface area (Å²) >= 11 is 0. The third-order valence-electron chi connectivity index (χ3n) is 5.43. The quantitative estimate of drug-likeness (QED) is 0.405. The molecule has 0 aromatic carbocycles. The van der Waals surface area contributed by atoms with Crippen molar-refractivity contribution in [3.8, 4) is 0 Å². The fourth-order valence-electron chi connectivity index (χ4n) is 3.95. The maximum atomic E-state index is 12.6. The Hall–Kier alpha value is -2.18. The predicted molar refractivity (Wildman–Crippen MR) is 103 cm³/mol. The molecule has 0 aromatic heterocycles. The number of nitrogens with zero attached hydrogens (tertiary/aromatic N) is 1. The van der Waals surface area contributed by atoms with Gasteiger partial charge in [-0.25, -0.2) is 9.59 Å². The van der Waals surface area contributed by atoms with Gasteiger partial charge in [0, 0.05) is 13.0 Å². The minimum Gasteiger partial charge on any atom is -0.460 e. The zero-order valence-electron chi connectivity index (χ0n) is 17.3. The summed E-state index contributed by atoms with van der Waals surface area (Å²) in [5.74, 6) is -0.968. The van der Waals surface area contributed by atoms with Crippen LogP contribution >= 0.6 is 0 Å². The lowest BCUT2D eigenvalue weighted by molar-refractivity contribution is -0.150. The van der Waals surface area contributed by atoms with Gasteiger partial charge < -0.3 is 9.47 Å². The van der Waals surface area contributed by atoms with E-state index in [1.165, 1.54) is 11.8 Å². The summed E-state index contributed by atoms with van der Waals surface area (Å²) in [7, 11) is 0. The Morgan fingerprint density at radius 3 is 2.46 bits per heavy atom. The normalized spacial score (nSPS) is 25.4. The molecule has 1 aliphatic heterocycles. The fourth-order valence-corrected chi connectivity index (χ4v) is 3.95. The van der Waals surface area contributed by atoms with Crippen LogP contribution in [0.2, 0.25) is 0 Å². The van der Waals surface area contributed by atoms with Crippen LogP contribution in [0.25, 0.3) is 0 Å². The highest BCUT2D eigenvalue weighted by Crippen LogP contribution is 2.40. The first-order chi connectivity index (χ1) is 13.0. The Balaban J connectivity index is 2.02. The van der Waals surface area contributed by atoms with Crippen LogP contribution in [0.4, 0.5) is 4.79 Å². The summed E-state index contributed by atoms with van der Waals surface area (Å²) in [6, 6.07) is -0.724. The van der Waals surface area contributed by atoms with E-state index >= 15 is 0 Å². The Labute approximate surface area is 166 Å². The summed E-state index contributed by atoms with van der Waals surface area (Å²) < 4.78 is 10.7. The molecule has 0 aromatic rings. The van der Waals surface area contributed by atoms with Gasteiger partial charge in [0.15, 0.2) is 5.78 Å². The van der Waals surface area contributed by atoms with Crippen molar-refractivity contribution in [2.24, 2.45) is 5.41 Å². The summed E-state index contributed by atoms with van der Waals surface area (Å²) in [5, 5.41) is 0. The Morgan fingerprint density at radius 2 is 1.89 bits per heavy atom. The van der Waals surface area contributed by atoms with Crippen molar-refractivity contribution in [1.29, 1.82) is 0 Å². The van der Waals surface area contributed by atoms with Crippen LogP contribution in [0.3, 0.4) is 0 Å². The highest BCUT2D eigenvalue weighted by atomic mass is 16.6. The van der Waals surface area contributed by atoms with Gasteiger partial charge in [0.25, 0.3) is 0 Å². The Bertz CT molecular complexity index is 677. The van der Waals surface area contributed by atoms with Gasteiger partial charge in [-0.1, -0.05) is 13.0 Å². The van der Waals surface area contributed by atoms with Crippen LogP contribution in [0, 0.1) is 5.41 Å². The number of ether oxygens (including phenoxy) is 2. The monoisotopic (exact) mass is 393 g/mol. The molecule has 28 heavy (non-hydrogen) atoms. The van der Waals surface area contributed by atoms with Gasteiger partial charge in [-0.3, -0.25) is 14.5 Å². The molecule has 1 heterocycles. The summed E-state index contributed by atoms with van der Waals surface area (Å²) in [5.41, 5.74) is -1.59. The summed E-state index contributed by atoms with van der Waals surface area (Å²) in [4.78, 5) is 51.0. The number of carbonyl (C=O) groups is 4. The van der Waals surface area contributed by atoms with Crippen LogP contribution in [0.15, 0.2) is 12.2 Å². The van der Waals surface area contributed by atoms with Gasteiger partial charge in [-0.15, -0.1) is 0 Å². The predicted octanol–water partition coefficient (Wildman–Crippen LogP) is 3.20. The molecule has 1 saturated carbocycles. The van der Waals surface area contributed by atoms with E-state index in [1.54, 1.807) is 20.8 Å². The van der Waals surface area contributed by atoms with Crippen LogP contribution in [-0.4, -0.2) is 53.3 Å². The number of rotatable bonds is 5. The van der Waals surface area contributed by atoms with Crippen molar-refractivity contribution in [3.63, 3.8) is 0 Å². The molecule has 7 heteroatoms. The van der Waals surface area contributed by atoms with Crippen LogP contribution in [-0.2, 0) is 23.9 Å². The molecule has 1 unspecified atom stereocenters. The lowest BCUT2D eigenvalue weighted by Gasteiger charge is -2.35. The third-order valence-corrected chi connectivity index (χ3v) is 5.43. The lowest BCUT2D eigenvalue weighted by Crippen LogP contribution is -2.45. The minimum absolute atomic E-state index is 0.149. The van der Waals surface area contributed by atoms with Gasteiger partial charge in [0.2, 0.25) is 0 Å². The van der Waals surface area contributed by atoms with Crippen molar-refractivity contribution in [3.05, 3.63) is 12.2 Å². The number of Topliss-reactive ketones (excluding diaryl/α,β-unsaturated/α-hetero) is 2. The Kier molecular flexibility index (Phi) is 6.67. The molecule has 0 N–H and O–H groups in total. The van der Waals surface area contributed by atoms with E-state index < -0.39 is 29.1 Å². The maximum Gasteiger partial charge on any atom is 0.411 e.